The number of nitrogens with one attached hydrogen (secondary N) is 1. The standard InChI is InChI=1S/C13H17N3O2/c1-3-10(8-17)14-13(18)11-7-16-9(2)5-4-6-12(16)15-11/h4-7,10,17H,3,8H2,1-2H3,(H,14,18)/t10-/m1/s1. The summed E-state index contributed by atoms with van der Waals surface area (Å²) in [7, 11) is 0. The molecular formula is C13H17N3O2. The number of carbonyl (C=O) groups excluding carboxylic acids is 1. The smallest absolute Gasteiger partial charge is 0.271 e. The van der Waals surface area contributed by atoms with Crippen molar-refractivity contribution in [2.75, 3.05) is 6.61 Å². The molecule has 2 heterocycles. The van der Waals surface area contributed by atoms with Crippen molar-refractivity contribution in [3.05, 3.63) is 35.8 Å². The highest BCUT2D eigenvalue weighted by molar-refractivity contribution is 5.93. The number of carbonyl (C=O) groups is 1. The fourth-order valence-electron chi connectivity index (χ4n) is 1.79. The lowest BCUT2D eigenvalue weighted by molar-refractivity contribution is 0.0910. The average Bonchev–Trinajstić information content (AvgIpc) is 2.81. The van der Waals surface area contributed by atoms with Crippen molar-refractivity contribution in [1.29, 1.82) is 0 Å². The fourth-order valence-corrected chi connectivity index (χ4v) is 1.79. The number of hydrogen-bond acceptors (Lipinski definition) is 3. The lowest BCUT2D eigenvalue weighted by Gasteiger charge is -2.12. The van der Waals surface area contributed by atoms with Crippen molar-refractivity contribution in [3.8, 4) is 0 Å². The lowest BCUT2D eigenvalue weighted by Crippen LogP contribution is -2.37. The van der Waals surface area contributed by atoms with Gasteiger partial charge >= 0.3 is 0 Å². The molecule has 1 atom stereocenters. The molecule has 1 amide bonds. The zero-order valence-electron chi connectivity index (χ0n) is 10.6. The largest absolute Gasteiger partial charge is 0.394 e. The van der Waals surface area contributed by atoms with Crippen LogP contribution in [0.1, 0.15) is 29.5 Å². The van der Waals surface area contributed by atoms with Gasteiger partial charge in [0.2, 0.25) is 0 Å². The molecule has 0 fully saturated rings. The van der Waals surface area contributed by atoms with E-state index in [2.05, 4.69) is 10.3 Å². The molecule has 0 aliphatic carbocycles. The molecule has 18 heavy (non-hydrogen) atoms. The third kappa shape index (κ3) is 2.36. The quantitative estimate of drug-likeness (QED) is 0.851. The summed E-state index contributed by atoms with van der Waals surface area (Å²) in [5.74, 6) is -0.251. The highest BCUT2D eigenvalue weighted by Gasteiger charge is 2.14. The Morgan fingerprint density at radius 2 is 2.33 bits per heavy atom. The van der Waals surface area contributed by atoms with Crippen LogP contribution >= 0.6 is 0 Å². The Kier molecular flexibility index (Phi) is 3.62. The van der Waals surface area contributed by atoms with Crippen LogP contribution in [0.3, 0.4) is 0 Å². The molecule has 2 aromatic heterocycles. The normalized spacial score (nSPS) is 12.6. The molecule has 5 nitrogen and oxygen atoms in total. The van der Waals surface area contributed by atoms with Gasteiger partial charge in [-0.05, 0) is 25.5 Å². The van der Waals surface area contributed by atoms with Crippen LogP contribution in [0.25, 0.3) is 5.65 Å². The number of fused-ring (bicyclic) bond motifs is 1. The number of hydrogen-bond donors (Lipinski definition) is 2. The minimum Gasteiger partial charge on any atom is -0.394 e. The molecule has 0 aliphatic rings. The zero-order valence-corrected chi connectivity index (χ0v) is 10.6. The third-order valence-corrected chi connectivity index (χ3v) is 2.98. The molecule has 0 aliphatic heterocycles. The van der Waals surface area contributed by atoms with Crippen LogP contribution in [-0.2, 0) is 0 Å². The summed E-state index contributed by atoms with van der Waals surface area (Å²) in [6.45, 7) is 3.81. The topological polar surface area (TPSA) is 66.6 Å². The minimum absolute atomic E-state index is 0.0609. The predicted molar refractivity (Wildman–Crippen MR) is 68.6 cm³/mol. The second-order valence-electron chi connectivity index (χ2n) is 4.28. The predicted octanol–water partition coefficient (Wildman–Crippen LogP) is 1.14. The van der Waals surface area contributed by atoms with Crippen molar-refractivity contribution in [2.24, 2.45) is 0 Å². The van der Waals surface area contributed by atoms with E-state index in [9.17, 15) is 4.79 Å². The van der Waals surface area contributed by atoms with Gasteiger partial charge in [-0.3, -0.25) is 4.79 Å². The van der Waals surface area contributed by atoms with E-state index in [1.165, 1.54) is 0 Å². The minimum atomic E-state index is -0.251. The van der Waals surface area contributed by atoms with Crippen LogP contribution < -0.4 is 5.32 Å². The van der Waals surface area contributed by atoms with Gasteiger partial charge < -0.3 is 14.8 Å². The van der Waals surface area contributed by atoms with Crippen LogP contribution in [-0.4, -0.2) is 33.0 Å². The molecule has 2 N–H and O–H groups in total. The molecule has 2 aromatic rings. The number of aliphatic hydroxyl groups excluding tert-OH is 1. The van der Waals surface area contributed by atoms with Crippen LogP contribution in [0.2, 0.25) is 0 Å². The summed E-state index contributed by atoms with van der Waals surface area (Å²) >= 11 is 0. The van der Waals surface area contributed by atoms with Crippen LogP contribution in [0, 0.1) is 6.92 Å². The van der Waals surface area contributed by atoms with E-state index in [1.54, 1.807) is 6.20 Å². The average molecular weight is 247 g/mol. The summed E-state index contributed by atoms with van der Waals surface area (Å²) in [5, 5.41) is 11.8. The number of aryl methyl sites for hydroxylation is 1. The summed E-state index contributed by atoms with van der Waals surface area (Å²) < 4.78 is 1.87. The molecule has 0 radical (unpaired) electrons. The maximum Gasteiger partial charge on any atom is 0.271 e. The van der Waals surface area contributed by atoms with Crippen LogP contribution in [0.4, 0.5) is 0 Å². The van der Waals surface area contributed by atoms with Crippen molar-refractivity contribution < 1.29 is 9.90 Å². The first kappa shape index (κ1) is 12.6. The number of nitrogens with zero attached hydrogens (tertiary/aromatic N) is 2. The third-order valence-electron chi connectivity index (χ3n) is 2.98. The second-order valence-corrected chi connectivity index (χ2v) is 4.28. The number of aliphatic hydroxyl groups is 1. The van der Waals surface area contributed by atoms with E-state index in [-0.39, 0.29) is 18.6 Å². The van der Waals surface area contributed by atoms with Crippen LogP contribution in [0.5, 0.6) is 0 Å². The number of imidazole rings is 1. The molecule has 2 rings (SSSR count). The van der Waals surface area contributed by atoms with Gasteiger partial charge in [0.05, 0.1) is 12.6 Å². The Bertz CT molecular complexity index is 558. The van der Waals surface area contributed by atoms with Gasteiger partial charge in [0.15, 0.2) is 0 Å². The van der Waals surface area contributed by atoms with Crippen LogP contribution in [0.15, 0.2) is 24.4 Å². The summed E-state index contributed by atoms with van der Waals surface area (Å²) in [5.41, 5.74) is 2.14. The van der Waals surface area contributed by atoms with E-state index in [1.807, 2.05) is 36.4 Å². The van der Waals surface area contributed by atoms with Gasteiger partial charge in [-0.2, -0.15) is 0 Å². The zero-order chi connectivity index (χ0) is 13.1. The number of aromatic nitrogens is 2. The van der Waals surface area contributed by atoms with Gasteiger partial charge in [-0.25, -0.2) is 4.98 Å². The first-order chi connectivity index (χ1) is 8.65. The monoisotopic (exact) mass is 247 g/mol. The SMILES string of the molecule is CC[C@H](CO)NC(=O)c1cn2c(C)cccc2n1. The van der Waals surface area contributed by atoms with E-state index < -0.39 is 0 Å². The Labute approximate surface area is 105 Å². The molecule has 96 valence electrons. The molecule has 0 unspecified atom stereocenters. The van der Waals surface area contributed by atoms with Gasteiger partial charge in [-0.15, -0.1) is 0 Å². The molecule has 0 aromatic carbocycles. The molecule has 0 saturated heterocycles. The second kappa shape index (κ2) is 5.18. The van der Waals surface area contributed by atoms with Gasteiger partial charge in [-0.1, -0.05) is 13.0 Å². The summed E-state index contributed by atoms with van der Waals surface area (Å²) in [4.78, 5) is 16.2. The molecule has 5 heteroatoms. The molecule has 0 saturated carbocycles. The van der Waals surface area contributed by atoms with E-state index in [4.69, 9.17) is 5.11 Å². The highest BCUT2D eigenvalue weighted by atomic mass is 16.3. The van der Waals surface area contributed by atoms with Crippen molar-refractivity contribution in [1.82, 2.24) is 14.7 Å². The number of pyridine rings is 1. The summed E-state index contributed by atoms with van der Waals surface area (Å²) in [6, 6.07) is 5.50. The van der Waals surface area contributed by atoms with Gasteiger partial charge in [0, 0.05) is 11.9 Å². The Balaban J connectivity index is 2.26. The van der Waals surface area contributed by atoms with Gasteiger partial charge in [0.25, 0.3) is 5.91 Å². The van der Waals surface area contributed by atoms with E-state index in [0.717, 1.165) is 11.3 Å². The first-order valence-corrected chi connectivity index (χ1v) is 6.02. The van der Waals surface area contributed by atoms with Crippen molar-refractivity contribution >= 4 is 11.6 Å². The van der Waals surface area contributed by atoms with E-state index in [0.29, 0.717) is 12.1 Å². The first-order valence-electron chi connectivity index (χ1n) is 6.02. The molecule has 0 spiro atoms. The lowest BCUT2D eigenvalue weighted by atomic mass is 10.2. The van der Waals surface area contributed by atoms with Crippen molar-refractivity contribution in [3.63, 3.8) is 0 Å². The Hall–Kier alpha value is -1.88. The molecule has 0 bridgehead atoms. The maximum atomic E-state index is 12.0. The van der Waals surface area contributed by atoms with E-state index >= 15 is 0 Å². The Morgan fingerprint density at radius 3 is 2.94 bits per heavy atom. The van der Waals surface area contributed by atoms with Gasteiger partial charge in [0.1, 0.15) is 11.3 Å². The maximum absolute atomic E-state index is 12.0. The summed E-state index contributed by atoms with van der Waals surface area (Å²) in [6.07, 6.45) is 2.40. The highest BCUT2D eigenvalue weighted by Crippen LogP contribution is 2.08. The molecular weight excluding hydrogens is 230 g/mol. The number of rotatable bonds is 4. The fraction of sp³-hybridized carbons (Fsp3) is 0.385. The van der Waals surface area contributed by atoms with Crippen molar-refractivity contribution in [2.45, 2.75) is 26.3 Å². The number of amides is 1. The Morgan fingerprint density at radius 1 is 1.56 bits per heavy atom.